The van der Waals surface area contributed by atoms with Crippen molar-refractivity contribution in [2.24, 2.45) is 0 Å². The Balaban J connectivity index is 2.67. The first kappa shape index (κ1) is 23.4. The highest BCUT2D eigenvalue weighted by Crippen LogP contribution is 2.40. The van der Waals surface area contributed by atoms with E-state index >= 15 is 0 Å². The molecule has 0 aliphatic rings. The molecule has 0 fully saturated rings. The molecular formula is C18H21ClN4O6S. The fourth-order valence-electron chi connectivity index (χ4n) is 2.98. The summed E-state index contributed by atoms with van der Waals surface area (Å²) in [6.45, 7) is 4.38. The quantitative estimate of drug-likeness (QED) is 0.408. The first-order valence-electron chi connectivity index (χ1n) is 9.10. The van der Waals surface area contributed by atoms with Gasteiger partial charge in [0.15, 0.2) is 5.69 Å². The van der Waals surface area contributed by atoms with Gasteiger partial charge in [0.05, 0.1) is 15.5 Å². The van der Waals surface area contributed by atoms with E-state index in [2.05, 4.69) is 4.72 Å². The van der Waals surface area contributed by atoms with Crippen LogP contribution in [0.2, 0.25) is 5.02 Å². The van der Waals surface area contributed by atoms with Gasteiger partial charge >= 0.3 is 11.4 Å². The minimum atomic E-state index is -4.35. The number of nitro groups is 2. The summed E-state index contributed by atoms with van der Waals surface area (Å²) >= 11 is 5.85. The molecular weight excluding hydrogens is 436 g/mol. The van der Waals surface area contributed by atoms with Gasteiger partial charge in [-0.1, -0.05) is 31.5 Å². The third-order valence-corrected chi connectivity index (χ3v) is 5.72. The third-order valence-electron chi connectivity index (χ3n) is 4.13. The Bertz CT molecular complexity index is 1020. The van der Waals surface area contributed by atoms with Crippen LogP contribution in [0.3, 0.4) is 0 Å². The molecule has 0 saturated carbocycles. The van der Waals surface area contributed by atoms with Crippen molar-refractivity contribution in [2.45, 2.75) is 31.6 Å². The molecule has 2 aromatic carbocycles. The smallest absolute Gasteiger partial charge is 0.301 e. The number of hydrogen-bond donors (Lipinski definition) is 1. The molecule has 0 bridgehead atoms. The zero-order chi connectivity index (χ0) is 22.5. The van der Waals surface area contributed by atoms with E-state index in [1.165, 1.54) is 23.1 Å². The monoisotopic (exact) mass is 456 g/mol. The predicted molar refractivity (Wildman–Crippen MR) is 115 cm³/mol. The average molecular weight is 457 g/mol. The van der Waals surface area contributed by atoms with Gasteiger partial charge in [0.2, 0.25) is 0 Å². The summed E-state index contributed by atoms with van der Waals surface area (Å²) in [7, 11) is -4.35. The molecule has 0 spiro atoms. The first-order chi connectivity index (χ1) is 14.1. The zero-order valence-corrected chi connectivity index (χ0v) is 17.9. The van der Waals surface area contributed by atoms with Crippen LogP contribution in [0.5, 0.6) is 0 Å². The second kappa shape index (κ2) is 9.72. The van der Waals surface area contributed by atoms with E-state index in [0.717, 1.165) is 12.1 Å². The summed E-state index contributed by atoms with van der Waals surface area (Å²) in [5.41, 5.74) is -1.36. The van der Waals surface area contributed by atoms with Gasteiger partial charge in [-0.3, -0.25) is 25.0 Å². The minimum Gasteiger partial charge on any atom is -0.360 e. The molecule has 0 aliphatic carbocycles. The molecule has 30 heavy (non-hydrogen) atoms. The molecule has 0 atom stereocenters. The van der Waals surface area contributed by atoms with Crippen molar-refractivity contribution in [1.29, 1.82) is 0 Å². The van der Waals surface area contributed by atoms with Gasteiger partial charge in [-0.25, -0.2) is 8.42 Å². The molecule has 1 N–H and O–H groups in total. The van der Waals surface area contributed by atoms with E-state index in [4.69, 9.17) is 11.6 Å². The number of nitro benzene ring substituents is 2. The van der Waals surface area contributed by atoms with Gasteiger partial charge in [-0.2, -0.15) is 0 Å². The van der Waals surface area contributed by atoms with Crippen molar-refractivity contribution in [1.82, 2.24) is 0 Å². The van der Waals surface area contributed by atoms with E-state index in [1.807, 2.05) is 13.8 Å². The summed E-state index contributed by atoms with van der Waals surface area (Å²) in [6, 6.07) is 7.52. The normalized spacial score (nSPS) is 11.2. The van der Waals surface area contributed by atoms with Gasteiger partial charge in [-0.05, 0) is 31.0 Å². The Morgan fingerprint density at radius 2 is 1.53 bits per heavy atom. The lowest BCUT2D eigenvalue weighted by Crippen LogP contribution is -2.27. The summed E-state index contributed by atoms with van der Waals surface area (Å²) in [4.78, 5) is 22.8. The average Bonchev–Trinajstić information content (AvgIpc) is 2.66. The summed E-state index contributed by atoms with van der Waals surface area (Å²) < 4.78 is 27.8. The van der Waals surface area contributed by atoms with Crippen molar-refractivity contribution in [3.05, 3.63) is 61.6 Å². The maximum Gasteiger partial charge on any atom is 0.301 e. The van der Waals surface area contributed by atoms with E-state index in [-0.39, 0.29) is 16.4 Å². The predicted octanol–water partition coefficient (Wildman–Crippen LogP) is 4.58. The molecule has 10 nitrogen and oxygen atoms in total. The fraction of sp³-hybridized carbons (Fsp3) is 0.333. The van der Waals surface area contributed by atoms with Crippen LogP contribution in [0.4, 0.5) is 22.7 Å². The van der Waals surface area contributed by atoms with Crippen LogP contribution in [-0.4, -0.2) is 31.4 Å². The van der Waals surface area contributed by atoms with E-state index in [9.17, 15) is 28.6 Å². The van der Waals surface area contributed by atoms with Crippen molar-refractivity contribution >= 4 is 44.4 Å². The van der Waals surface area contributed by atoms with E-state index in [1.54, 1.807) is 6.07 Å². The summed E-state index contributed by atoms with van der Waals surface area (Å²) in [6.07, 6.45) is 1.20. The van der Waals surface area contributed by atoms with Crippen LogP contribution in [0.15, 0.2) is 41.3 Å². The Morgan fingerprint density at radius 3 is 1.97 bits per heavy atom. The Labute approximate surface area is 178 Å². The molecule has 0 radical (unpaired) electrons. The molecule has 0 saturated heterocycles. The highest BCUT2D eigenvalue weighted by Gasteiger charge is 2.33. The maximum absolute atomic E-state index is 12.8. The highest BCUT2D eigenvalue weighted by atomic mass is 35.5. The molecule has 12 heteroatoms. The van der Waals surface area contributed by atoms with Crippen molar-refractivity contribution < 1.29 is 18.3 Å². The van der Waals surface area contributed by atoms with Crippen LogP contribution in [-0.2, 0) is 10.0 Å². The number of nitrogens with one attached hydrogen (secondary N) is 1. The zero-order valence-electron chi connectivity index (χ0n) is 16.4. The first-order valence-corrected chi connectivity index (χ1v) is 11.0. The minimum absolute atomic E-state index is 0.121. The Kier molecular flexibility index (Phi) is 7.57. The highest BCUT2D eigenvalue weighted by molar-refractivity contribution is 7.92. The van der Waals surface area contributed by atoms with Crippen molar-refractivity contribution in [2.75, 3.05) is 22.7 Å². The largest absolute Gasteiger partial charge is 0.360 e. The van der Waals surface area contributed by atoms with Crippen molar-refractivity contribution in [3.63, 3.8) is 0 Å². The number of benzene rings is 2. The lowest BCUT2D eigenvalue weighted by atomic mass is 10.2. The number of hydrogen-bond acceptors (Lipinski definition) is 7. The molecule has 2 rings (SSSR count). The van der Waals surface area contributed by atoms with Crippen LogP contribution in [0.25, 0.3) is 0 Å². The van der Waals surface area contributed by atoms with Gasteiger partial charge in [0.25, 0.3) is 10.0 Å². The lowest BCUT2D eigenvalue weighted by molar-refractivity contribution is -0.393. The number of sulfonamides is 1. The van der Waals surface area contributed by atoms with Crippen LogP contribution >= 0.6 is 11.6 Å². The van der Waals surface area contributed by atoms with Crippen LogP contribution in [0, 0.1) is 20.2 Å². The molecule has 0 heterocycles. The van der Waals surface area contributed by atoms with Crippen LogP contribution < -0.4 is 9.62 Å². The van der Waals surface area contributed by atoms with E-state index in [0.29, 0.717) is 25.9 Å². The standard InChI is InChI=1S/C18H21ClN4O6S/c1-3-8-21(9-4-2)18-16(22(24)25)11-15(12-17(18)23(26)27)30(28,29)20-14-7-5-6-13(19)10-14/h5-7,10-12,20H,3-4,8-9H2,1-2H3. The second-order valence-electron chi connectivity index (χ2n) is 6.43. The van der Waals surface area contributed by atoms with Gasteiger partial charge in [0, 0.05) is 30.2 Å². The second-order valence-corrected chi connectivity index (χ2v) is 8.55. The summed E-state index contributed by atoms with van der Waals surface area (Å²) in [5, 5.41) is 23.7. The lowest BCUT2D eigenvalue weighted by Gasteiger charge is -2.23. The molecule has 0 aromatic heterocycles. The topological polar surface area (TPSA) is 136 Å². The fourth-order valence-corrected chi connectivity index (χ4v) is 4.26. The molecule has 0 unspecified atom stereocenters. The van der Waals surface area contributed by atoms with Gasteiger partial charge in [-0.15, -0.1) is 0 Å². The Morgan fingerprint density at radius 1 is 1.00 bits per heavy atom. The summed E-state index contributed by atoms with van der Waals surface area (Å²) in [5.74, 6) is 0. The van der Waals surface area contributed by atoms with Crippen LogP contribution in [0.1, 0.15) is 26.7 Å². The molecule has 0 aliphatic heterocycles. The SMILES string of the molecule is CCCN(CCC)c1c([N+](=O)[O-])cc(S(=O)(=O)Nc2cccc(Cl)c2)cc1[N+](=O)[O-]. The van der Waals surface area contributed by atoms with Crippen molar-refractivity contribution in [3.8, 4) is 0 Å². The molecule has 0 amide bonds. The maximum atomic E-state index is 12.8. The molecule has 162 valence electrons. The number of nitrogens with zero attached hydrogens (tertiary/aromatic N) is 3. The number of rotatable bonds is 10. The molecule has 2 aromatic rings. The number of anilines is 2. The van der Waals surface area contributed by atoms with E-state index < -0.39 is 36.1 Å². The Hall–Kier alpha value is -2.92. The number of halogens is 1. The van der Waals surface area contributed by atoms with Gasteiger partial charge in [0.1, 0.15) is 4.90 Å². The van der Waals surface area contributed by atoms with Gasteiger partial charge < -0.3 is 4.90 Å². The third kappa shape index (κ3) is 5.36.